The standard InChI is InChI=1S/C9H17BrO/c1-3-5-7-8(10)9(11)6-4-2/h8H,3-7H2,1-2H3. The zero-order chi connectivity index (χ0) is 8.69. The van der Waals surface area contributed by atoms with E-state index in [1.54, 1.807) is 0 Å². The minimum Gasteiger partial charge on any atom is -0.298 e. The van der Waals surface area contributed by atoms with Gasteiger partial charge in [-0.05, 0) is 12.8 Å². The van der Waals surface area contributed by atoms with Crippen molar-refractivity contribution in [3.8, 4) is 0 Å². The summed E-state index contributed by atoms with van der Waals surface area (Å²) < 4.78 is 0. The molecule has 1 atom stereocenters. The van der Waals surface area contributed by atoms with Gasteiger partial charge >= 0.3 is 0 Å². The Balaban J connectivity index is 3.46. The van der Waals surface area contributed by atoms with Crippen molar-refractivity contribution in [3.63, 3.8) is 0 Å². The molecular formula is C9H17BrO. The van der Waals surface area contributed by atoms with Crippen molar-refractivity contribution >= 4 is 21.7 Å². The van der Waals surface area contributed by atoms with Crippen molar-refractivity contribution < 1.29 is 4.79 Å². The molecule has 0 saturated heterocycles. The summed E-state index contributed by atoms with van der Waals surface area (Å²) >= 11 is 3.40. The summed E-state index contributed by atoms with van der Waals surface area (Å²) in [6, 6.07) is 0. The molecule has 0 amide bonds. The SMILES string of the molecule is CCCCC(Br)C(=O)CCC. The van der Waals surface area contributed by atoms with Crippen LogP contribution in [-0.2, 0) is 4.79 Å². The van der Waals surface area contributed by atoms with E-state index in [1.165, 1.54) is 6.42 Å². The molecule has 0 aliphatic rings. The minimum atomic E-state index is 0.113. The maximum atomic E-state index is 11.2. The van der Waals surface area contributed by atoms with Gasteiger partial charge in [0, 0.05) is 6.42 Å². The Kier molecular flexibility index (Phi) is 6.93. The Morgan fingerprint density at radius 3 is 2.45 bits per heavy atom. The van der Waals surface area contributed by atoms with Crippen LogP contribution in [-0.4, -0.2) is 10.6 Å². The minimum absolute atomic E-state index is 0.113. The molecule has 0 radical (unpaired) electrons. The molecule has 0 aliphatic carbocycles. The number of hydrogen-bond donors (Lipinski definition) is 0. The van der Waals surface area contributed by atoms with Gasteiger partial charge in [0.1, 0.15) is 5.78 Å². The van der Waals surface area contributed by atoms with Crippen molar-refractivity contribution in [1.82, 2.24) is 0 Å². The average Bonchev–Trinajstić information content (AvgIpc) is 2.00. The largest absolute Gasteiger partial charge is 0.298 e. The maximum Gasteiger partial charge on any atom is 0.146 e. The summed E-state index contributed by atoms with van der Waals surface area (Å²) in [6.45, 7) is 4.18. The molecule has 0 saturated carbocycles. The van der Waals surface area contributed by atoms with Crippen LogP contribution in [0.25, 0.3) is 0 Å². The van der Waals surface area contributed by atoms with Gasteiger partial charge in [-0.1, -0.05) is 42.6 Å². The number of rotatable bonds is 6. The highest BCUT2D eigenvalue weighted by atomic mass is 79.9. The molecule has 0 N–H and O–H groups in total. The Hall–Kier alpha value is 0.150. The molecule has 0 bridgehead atoms. The van der Waals surface area contributed by atoms with E-state index in [-0.39, 0.29) is 4.83 Å². The molecule has 2 heteroatoms. The first-order valence-electron chi connectivity index (χ1n) is 4.39. The van der Waals surface area contributed by atoms with Gasteiger partial charge in [-0.3, -0.25) is 4.79 Å². The maximum absolute atomic E-state index is 11.2. The number of Topliss-reactive ketones (excluding diaryl/α,β-unsaturated/α-hetero) is 1. The highest BCUT2D eigenvalue weighted by Gasteiger charge is 2.11. The van der Waals surface area contributed by atoms with Crippen LogP contribution >= 0.6 is 15.9 Å². The van der Waals surface area contributed by atoms with Gasteiger partial charge in [0.2, 0.25) is 0 Å². The lowest BCUT2D eigenvalue weighted by Gasteiger charge is -2.05. The van der Waals surface area contributed by atoms with Crippen LogP contribution < -0.4 is 0 Å². The molecule has 1 unspecified atom stereocenters. The Morgan fingerprint density at radius 2 is 2.00 bits per heavy atom. The third-order valence-corrected chi connectivity index (χ3v) is 2.63. The molecule has 0 heterocycles. The molecule has 0 spiro atoms. The second kappa shape index (κ2) is 6.84. The number of unbranched alkanes of at least 4 members (excludes halogenated alkanes) is 1. The van der Waals surface area contributed by atoms with Crippen molar-refractivity contribution in [1.29, 1.82) is 0 Å². The Labute approximate surface area is 77.7 Å². The monoisotopic (exact) mass is 220 g/mol. The molecule has 11 heavy (non-hydrogen) atoms. The highest BCUT2D eigenvalue weighted by molar-refractivity contribution is 9.10. The summed E-state index contributed by atoms with van der Waals surface area (Å²) in [5.74, 6) is 0.362. The first-order chi connectivity index (χ1) is 5.22. The predicted octanol–water partition coefficient (Wildman–Crippen LogP) is 3.31. The second-order valence-corrected chi connectivity index (χ2v) is 3.93. The van der Waals surface area contributed by atoms with Gasteiger partial charge in [0.15, 0.2) is 0 Å². The van der Waals surface area contributed by atoms with Crippen molar-refractivity contribution in [2.75, 3.05) is 0 Å². The Bertz CT molecular complexity index is 112. The molecule has 0 rings (SSSR count). The van der Waals surface area contributed by atoms with E-state index in [1.807, 2.05) is 6.92 Å². The zero-order valence-electron chi connectivity index (χ0n) is 7.40. The third kappa shape index (κ3) is 5.42. The van der Waals surface area contributed by atoms with Crippen LogP contribution in [0.5, 0.6) is 0 Å². The van der Waals surface area contributed by atoms with Crippen molar-refractivity contribution in [2.24, 2.45) is 0 Å². The number of carbonyl (C=O) groups is 1. The number of hydrogen-bond acceptors (Lipinski definition) is 1. The quantitative estimate of drug-likeness (QED) is 0.629. The average molecular weight is 221 g/mol. The number of halogens is 1. The van der Waals surface area contributed by atoms with E-state index in [9.17, 15) is 4.79 Å². The van der Waals surface area contributed by atoms with Crippen LogP contribution in [0, 0.1) is 0 Å². The summed E-state index contributed by atoms with van der Waals surface area (Å²) in [6.07, 6.45) is 4.99. The van der Waals surface area contributed by atoms with E-state index in [2.05, 4.69) is 22.9 Å². The number of alkyl halides is 1. The van der Waals surface area contributed by atoms with Crippen LogP contribution in [0.3, 0.4) is 0 Å². The predicted molar refractivity (Wildman–Crippen MR) is 52.2 cm³/mol. The summed E-state index contributed by atoms with van der Waals surface area (Å²) in [7, 11) is 0. The molecule has 66 valence electrons. The number of ketones is 1. The molecule has 0 aromatic carbocycles. The summed E-state index contributed by atoms with van der Waals surface area (Å²) in [5.41, 5.74) is 0. The van der Waals surface area contributed by atoms with E-state index in [0.717, 1.165) is 25.7 Å². The number of carbonyl (C=O) groups excluding carboxylic acids is 1. The molecule has 0 fully saturated rings. The smallest absolute Gasteiger partial charge is 0.146 e. The van der Waals surface area contributed by atoms with Crippen LogP contribution in [0.4, 0.5) is 0 Å². The molecular weight excluding hydrogens is 204 g/mol. The van der Waals surface area contributed by atoms with Crippen molar-refractivity contribution in [3.05, 3.63) is 0 Å². The Morgan fingerprint density at radius 1 is 1.36 bits per heavy atom. The van der Waals surface area contributed by atoms with Crippen LogP contribution in [0.15, 0.2) is 0 Å². The van der Waals surface area contributed by atoms with Gasteiger partial charge in [-0.15, -0.1) is 0 Å². The van der Waals surface area contributed by atoms with Gasteiger partial charge in [-0.2, -0.15) is 0 Å². The molecule has 0 aromatic heterocycles. The van der Waals surface area contributed by atoms with E-state index < -0.39 is 0 Å². The lowest BCUT2D eigenvalue weighted by molar-refractivity contribution is -0.118. The van der Waals surface area contributed by atoms with E-state index in [4.69, 9.17) is 0 Å². The van der Waals surface area contributed by atoms with E-state index in [0.29, 0.717) is 5.78 Å². The summed E-state index contributed by atoms with van der Waals surface area (Å²) in [4.78, 5) is 11.3. The highest BCUT2D eigenvalue weighted by Crippen LogP contribution is 2.13. The second-order valence-electron chi connectivity index (χ2n) is 2.83. The van der Waals surface area contributed by atoms with Crippen molar-refractivity contribution in [2.45, 2.75) is 50.8 Å². The van der Waals surface area contributed by atoms with Crippen LogP contribution in [0.2, 0.25) is 0 Å². The van der Waals surface area contributed by atoms with Gasteiger partial charge < -0.3 is 0 Å². The molecule has 0 aliphatic heterocycles. The van der Waals surface area contributed by atoms with Crippen LogP contribution in [0.1, 0.15) is 46.0 Å². The fraction of sp³-hybridized carbons (Fsp3) is 0.889. The fourth-order valence-electron chi connectivity index (χ4n) is 0.947. The lowest BCUT2D eigenvalue weighted by atomic mass is 10.1. The van der Waals surface area contributed by atoms with Gasteiger partial charge in [-0.25, -0.2) is 0 Å². The van der Waals surface area contributed by atoms with Gasteiger partial charge in [0.25, 0.3) is 0 Å². The lowest BCUT2D eigenvalue weighted by Crippen LogP contribution is -2.12. The third-order valence-electron chi connectivity index (χ3n) is 1.66. The first-order valence-corrected chi connectivity index (χ1v) is 5.30. The topological polar surface area (TPSA) is 17.1 Å². The molecule has 0 aromatic rings. The summed E-state index contributed by atoms with van der Waals surface area (Å²) in [5, 5.41) is 0. The van der Waals surface area contributed by atoms with E-state index >= 15 is 0 Å². The first kappa shape index (κ1) is 11.2. The zero-order valence-corrected chi connectivity index (χ0v) is 8.99. The fourth-order valence-corrected chi connectivity index (χ4v) is 1.50. The molecule has 1 nitrogen and oxygen atoms in total. The van der Waals surface area contributed by atoms with Gasteiger partial charge in [0.05, 0.1) is 4.83 Å². The normalized spacial score (nSPS) is 13.0.